The van der Waals surface area contributed by atoms with Crippen LogP contribution in [0.1, 0.15) is 25.7 Å². The first kappa shape index (κ1) is 14.9. The molecule has 0 radical (unpaired) electrons. The van der Waals surface area contributed by atoms with E-state index in [1.165, 1.54) is 0 Å². The molecule has 1 aromatic heterocycles. The molecule has 3 aromatic rings. The molecular formula is C20H21N3O. The fraction of sp³-hybridized carbons (Fsp3) is 0.300. The molecule has 0 bridgehead atoms. The van der Waals surface area contributed by atoms with Crippen molar-refractivity contribution in [3.05, 3.63) is 54.6 Å². The summed E-state index contributed by atoms with van der Waals surface area (Å²) in [6, 6.07) is 19.0. The van der Waals surface area contributed by atoms with Gasteiger partial charge in [-0.1, -0.05) is 48.5 Å². The van der Waals surface area contributed by atoms with E-state index >= 15 is 0 Å². The maximum Gasteiger partial charge on any atom is 0.220 e. The molecule has 0 atom stereocenters. The first-order valence-corrected chi connectivity index (χ1v) is 8.61. The monoisotopic (exact) mass is 319 g/mol. The molecule has 1 saturated carbocycles. The van der Waals surface area contributed by atoms with Gasteiger partial charge < -0.3 is 5.32 Å². The van der Waals surface area contributed by atoms with Gasteiger partial charge in [-0.15, -0.1) is 0 Å². The van der Waals surface area contributed by atoms with E-state index in [-0.39, 0.29) is 5.91 Å². The first-order chi connectivity index (χ1) is 11.8. The van der Waals surface area contributed by atoms with E-state index < -0.39 is 0 Å². The minimum absolute atomic E-state index is 0.164. The van der Waals surface area contributed by atoms with Gasteiger partial charge in [0.2, 0.25) is 5.91 Å². The van der Waals surface area contributed by atoms with Crippen LogP contribution >= 0.6 is 0 Å². The summed E-state index contributed by atoms with van der Waals surface area (Å²) in [5.74, 6) is 0.164. The van der Waals surface area contributed by atoms with Gasteiger partial charge in [0.15, 0.2) is 0 Å². The number of hydrogen-bond donors (Lipinski definition) is 1. The molecule has 0 spiro atoms. The fourth-order valence-electron chi connectivity index (χ4n) is 3.02. The lowest BCUT2D eigenvalue weighted by Gasteiger charge is -2.04. The third-order valence-electron chi connectivity index (χ3n) is 4.42. The average molecular weight is 319 g/mol. The van der Waals surface area contributed by atoms with Gasteiger partial charge in [0.1, 0.15) is 5.69 Å². The van der Waals surface area contributed by atoms with Crippen molar-refractivity contribution >= 4 is 16.8 Å². The van der Waals surface area contributed by atoms with Crippen LogP contribution in [0.25, 0.3) is 22.2 Å². The number of carbonyl (C=O) groups is 1. The minimum Gasteiger partial charge on any atom is -0.353 e. The lowest BCUT2D eigenvalue weighted by molar-refractivity contribution is -0.121. The summed E-state index contributed by atoms with van der Waals surface area (Å²) in [4.78, 5) is 11.8. The van der Waals surface area contributed by atoms with Gasteiger partial charge in [0.25, 0.3) is 0 Å². The third-order valence-corrected chi connectivity index (χ3v) is 4.42. The van der Waals surface area contributed by atoms with Crippen LogP contribution < -0.4 is 5.32 Å². The summed E-state index contributed by atoms with van der Waals surface area (Å²) < 4.78 is 2.03. The molecule has 24 heavy (non-hydrogen) atoms. The van der Waals surface area contributed by atoms with Gasteiger partial charge in [-0.2, -0.15) is 5.10 Å². The molecule has 4 nitrogen and oxygen atoms in total. The van der Waals surface area contributed by atoms with Gasteiger partial charge in [-0.3, -0.25) is 9.48 Å². The Morgan fingerprint density at radius 1 is 1.08 bits per heavy atom. The molecule has 2 aromatic carbocycles. The first-order valence-electron chi connectivity index (χ1n) is 8.61. The zero-order valence-corrected chi connectivity index (χ0v) is 13.6. The molecule has 0 unspecified atom stereocenters. The van der Waals surface area contributed by atoms with E-state index in [0.717, 1.165) is 48.0 Å². The van der Waals surface area contributed by atoms with Crippen LogP contribution in [0.5, 0.6) is 0 Å². The lowest BCUT2D eigenvalue weighted by Crippen LogP contribution is -2.25. The number of fused-ring (bicyclic) bond motifs is 1. The second kappa shape index (κ2) is 6.48. The van der Waals surface area contributed by atoms with Crippen molar-refractivity contribution in [1.82, 2.24) is 15.1 Å². The highest BCUT2D eigenvalue weighted by molar-refractivity contribution is 5.93. The van der Waals surface area contributed by atoms with E-state index in [0.29, 0.717) is 12.5 Å². The summed E-state index contributed by atoms with van der Waals surface area (Å²) in [7, 11) is 0. The number of nitrogens with zero attached hydrogens (tertiary/aromatic N) is 2. The number of aryl methyl sites for hydroxylation is 1. The summed E-state index contributed by atoms with van der Waals surface area (Å²) in [6.07, 6.45) is 3.63. The molecule has 0 saturated heterocycles. The minimum atomic E-state index is 0.164. The van der Waals surface area contributed by atoms with Crippen molar-refractivity contribution in [2.75, 3.05) is 0 Å². The van der Waals surface area contributed by atoms with Crippen molar-refractivity contribution in [2.45, 2.75) is 38.3 Å². The van der Waals surface area contributed by atoms with Gasteiger partial charge in [0, 0.05) is 30.0 Å². The number of rotatable bonds is 6. The van der Waals surface area contributed by atoms with Crippen LogP contribution in [0.2, 0.25) is 0 Å². The molecule has 4 rings (SSSR count). The van der Waals surface area contributed by atoms with Crippen molar-refractivity contribution in [1.29, 1.82) is 0 Å². The van der Waals surface area contributed by atoms with Gasteiger partial charge >= 0.3 is 0 Å². The van der Waals surface area contributed by atoms with Crippen molar-refractivity contribution in [3.8, 4) is 11.3 Å². The van der Waals surface area contributed by atoms with Crippen molar-refractivity contribution in [3.63, 3.8) is 0 Å². The number of hydrogen-bond acceptors (Lipinski definition) is 2. The standard InChI is InChI=1S/C20H21N3O/c24-19(21-16-12-13-16)11-6-14-23-18-10-5-4-9-17(18)20(22-23)15-7-2-1-3-8-15/h1-5,7-10,16H,6,11-14H2,(H,21,24). The summed E-state index contributed by atoms with van der Waals surface area (Å²) in [6.45, 7) is 0.755. The molecule has 1 amide bonds. The highest BCUT2D eigenvalue weighted by Gasteiger charge is 2.22. The van der Waals surface area contributed by atoms with Gasteiger partial charge in [-0.25, -0.2) is 0 Å². The Labute approximate surface area is 141 Å². The van der Waals surface area contributed by atoms with Gasteiger partial charge in [-0.05, 0) is 25.3 Å². The van der Waals surface area contributed by atoms with Crippen LogP contribution in [-0.4, -0.2) is 21.7 Å². The fourth-order valence-corrected chi connectivity index (χ4v) is 3.02. The van der Waals surface area contributed by atoms with Gasteiger partial charge in [0.05, 0.1) is 5.52 Å². The number of benzene rings is 2. The molecule has 1 fully saturated rings. The highest BCUT2D eigenvalue weighted by atomic mass is 16.1. The number of carbonyl (C=O) groups excluding carboxylic acids is 1. The van der Waals surface area contributed by atoms with E-state index in [1.807, 2.05) is 35.0 Å². The van der Waals surface area contributed by atoms with E-state index in [2.05, 4.69) is 29.6 Å². The average Bonchev–Trinajstić information content (AvgIpc) is 3.35. The molecule has 1 heterocycles. The second-order valence-corrected chi connectivity index (χ2v) is 6.40. The highest BCUT2D eigenvalue weighted by Crippen LogP contribution is 2.28. The predicted molar refractivity (Wildman–Crippen MR) is 95.6 cm³/mol. The zero-order valence-electron chi connectivity index (χ0n) is 13.6. The summed E-state index contributed by atoms with van der Waals surface area (Å²) >= 11 is 0. The summed E-state index contributed by atoms with van der Waals surface area (Å²) in [5, 5.41) is 9.01. The Morgan fingerprint density at radius 2 is 1.83 bits per heavy atom. The molecule has 1 N–H and O–H groups in total. The summed E-state index contributed by atoms with van der Waals surface area (Å²) in [5.41, 5.74) is 3.26. The van der Waals surface area contributed by atoms with Crippen LogP contribution in [0.15, 0.2) is 54.6 Å². The number of aromatic nitrogens is 2. The van der Waals surface area contributed by atoms with Crippen molar-refractivity contribution in [2.24, 2.45) is 0 Å². The number of para-hydroxylation sites is 1. The largest absolute Gasteiger partial charge is 0.353 e. The topological polar surface area (TPSA) is 46.9 Å². The Hall–Kier alpha value is -2.62. The molecule has 1 aliphatic carbocycles. The zero-order chi connectivity index (χ0) is 16.4. The predicted octanol–water partition coefficient (Wildman–Crippen LogP) is 3.76. The van der Waals surface area contributed by atoms with E-state index in [9.17, 15) is 4.79 Å². The molecule has 0 aliphatic heterocycles. The third kappa shape index (κ3) is 3.18. The molecule has 1 aliphatic rings. The molecular weight excluding hydrogens is 298 g/mol. The van der Waals surface area contributed by atoms with Crippen LogP contribution in [0.3, 0.4) is 0 Å². The van der Waals surface area contributed by atoms with Crippen LogP contribution in [-0.2, 0) is 11.3 Å². The SMILES string of the molecule is O=C(CCCn1nc(-c2ccccc2)c2ccccc21)NC1CC1. The molecule has 4 heteroatoms. The number of nitrogens with one attached hydrogen (secondary N) is 1. The number of amides is 1. The van der Waals surface area contributed by atoms with E-state index in [1.54, 1.807) is 0 Å². The Morgan fingerprint density at radius 3 is 2.62 bits per heavy atom. The maximum absolute atomic E-state index is 11.8. The second-order valence-electron chi connectivity index (χ2n) is 6.40. The Bertz CT molecular complexity index is 850. The quantitative estimate of drug-likeness (QED) is 0.752. The lowest BCUT2D eigenvalue weighted by atomic mass is 10.1. The van der Waals surface area contributed by atoms with Crippen molar-refractivity contribution < 1.29 is 4.79 Å². The van der Waals surface area contributed by atoms with Crippen LogP contribution in [0.4, 0.5) is 0 Å². The maximum atomic E-state index is 11.8. The molecule has 122 valence electrons. The Kier molecular flexibility index (Phi) is 4.03. The Balaban J connectivity index is 1.53. The van der Waals surface area contributed by atoms with E-state index in [4.69, 9.17) is 5.10 Å². The normalized spacial score (nSPS) is 14.0. The smallest absolute Gasteiger partial charge is 0.220 e. The van der Waals surface area contributed by atoms with Crippen LogP contribution in [0, 0.1) is 0 Å².